The Labute approximate surface area is 99.4 Å². The van der Waals surface area contributed by atoms with Crippen molar-refractivity contribution in [3.05, 3.63) is 12.4 Å². The summed E-state index contributed by atoms with van der Waals surface area (Å²) >= 11 is 1.83. The van der Waals surface area contributed by atoms with Crippen LogP contribution in [0.4, 0.5) is 0 Å². The van der Waals surface area contributed by atoms with Crippen molar-refractivity contribution in [3.8, 4) is 0 Å². The van der Waals surface area contributed by atoms with Gasteiger partial charge in [0, 0.05) is 17.5 Å². The Balaban J connectivity index is 2.00. The number of aromatic nitrogens is 2. The van der Waals surface area contributed by atoms with Crippen LogP contribution in [-0.2, 0) is 10.0 Å². The van der Waals surface area contributed by atoms with Crippen molar-refractivity contribution < 1.29 is 8.42 Å². The molecule has 16 heavy (non-hydrogen) atoms. The third-order valence-corrected chi connectivity index (χ3v) is 5.63. The summed E-state index contributed by atoms with van der Waals surface area (Å²) in [6.07, 6.45) is 4.92. The van der Waals surface area contributed by atoms with Crippen molar-refractivity contribution >= 4 is 21.8 Å². The monoisotopic (exact) mass is 261 g/mol. The highest BCUT2D eigenvalue weighted by Gasteiger charge is 2.31. The summed E-state index contributed by atoms with van der Waals surface area (Å²) < 4.78 is 26.3. The number of hydrogen-bond donors (Lipinski definition) is 2. The number of rotatable bonds is 4. The third kappa shape index (κ3) is 2.58. The lowest BCUT2D eigenvalue weighted by Gasteiger charge is -2.22. The van der Waals surface area contributed by atoms with Gasteiger partial charge < -0.3 is 0 Å². The Morgan fingerprint density at radius 1 is 1.69 bits per heavy atom. The third-order valence-electron chi connectivity index (χ3n) is 2.72. The molecule has 90 valence electrons. The number of H-pyrrole nitrogens is 1. The SMILES string of the molecule is CC1(CNS(=O)(=O)c2cn[nH]c2)CCCS1. The zero-order valence-electron chi connectivity index (χ0n) is 9.06. The van der Waals surface area contributed by atoms with Crippen LogP contribution in [0.25, 0.3) is 0 Å². The van der Waals surface area contributed by atoms with E-state index in [2.05, 4.69) is 21.8 Å². The van der Waals surface area contributed by atoms with Gasteiger partial charge in [-0.05, 0) is 25.5 Å². The molecule has 5 nitrogen and oxygen atoms in total. The van der Waals surface area contributed by atoms with Gasteiger partial charge in [0.1, 0.15) is 4.90 Å². The van der Waals surface area contributed by atoms with Gasteiger partial charge in [-0.25, -0.2) is 13.1 Å². The van der Waals surface area contributed by atoms with E-state index in [0.717, 1.165) is 18.6 Å². The first-order chi connectivity index (χ1) is 7.52. The first-order valence-corrected chi connectivity index (χ1v) is 7.61. The molecule has 1 aliphatic heterocycles. The minimum atomic E-state index is -3.40. The Hall–Kier alpha value is -0.530. The molecule has 0 radical (unpaired) electrons. The first-order valence-electron chi connectivity index (χ1n) is 5.14. The average molecular weight is 261 g/mol. The molecule has 0 spiro atoms. The van der Waals surface area contributed by atoms with Crippen LogP contribution in [0.1, 0.15) is 19.8 Å². The Bertz CT molecular complexity index is 435. The fourth-order valence-corrected chi connectivity index (χ4v) is 4.10. The normalized spacial score (nSPS) is 26.1. The van der Waals surface area contributed by atoms with Crippen LogP contribution in [0.5, 0.6) is 0 Å². The fourth-order valence-electron chi connectivity index (χ4n) is 1.69. The predicted molar refractivity (Wildman–Crippen MR) is 63.9 cm³/mol. The van der Waals surface area contributed by atoms with Gasteiger partial charge >= 0.3 is 0 Å². The number of hydrogen-bond acceptors (Lipinski definition) is 4. The molecule has 7 heteroatoms. The standard InChI is InChI=1S/C9H15N3O2S2/c1-9(3-2-4-15-9)7-12-16(13,14)8-5-10-11-6-8/h5-6,12H,2-4,7H2,1H3,(H,10,11). The number of aromatic amines is 1. The van der Waals surface area contributed by atoms with Crippen molar-refractivity contribution in [2.24, 2.45) is 0 Å². The summed E-state index contributed by atoms with van der Waals surface area (Å²) in [6, 6.07) is 0. The number of nitrogens with zero attached hydrogens (tertiary/aromatic N) is 1. The van der Waals surface area contributed by atoms with Crippen LogP contribution in [0, 0.1) is 0 Å². The van der Waals surface area contributed by atoms with E-state index in [1.807, 2.05) is 11.8 Å². The summed E-state index contributed by atoms with van der Waals surface area (Å²) in [6.45, 7) is 2.58. The second-order valence-corrected chi connectivity index (χ2v) is 7.61. The highest BCUT2D eigenvalue weighted by Crippen LogP contribution is 2.37. The molecule has 2 rings (SSSR count). The van der Waals surface area contributed by atoms with Crippen molar-refractivity contribution in [1.82, 2.24) is 14.9 Å². The van der Waals surface area contributed by atoms with Crippen molar-refractivity contribution in [2.45, 2.75) is 29.4 Å². The zero-order chi connectivity index (χ0) is 11.6. The molecule has 2 heterocycles. The Morgan fingerprint density at radius 3 is 3.06 bits per heavy atom. The minimum Gasteiger partial charge on any atom is -0.284 e. The molecular formula is C9H15N3O2S2. The fraction of sp³-hybridized carbons (Fsp3) is 0.667. The van der Waals surface area contributed by atoms with Crippen LogP contribution in [0.2, 0.25) is 0 Å². The van der Waals surface area contributed by atoms with Crippen LogP contribution in [0.3, 0.4) is 0 Å². The molecule has 1 unspecified atom stereocenters. The minimum absolute atomic E-state index is 0.0385. The van der Waals surface area contributed by atoms with E-state index in [9.17, 15) is 8.42 Å². The van der Waals surface area contributed by atoms with Gasteiger partial charge in [0.15, 0.2) is 0 Å². The maximum atomic E-state index is 11.8. The largest absolute Gasteiger partial charge is 0.284 e. The molecule has 1 aliphatic rings. The molecule has 0 aromatic carbocycles. The second kappa shape index (κ2) is 4.38. The molecule has 1 fully saturated rings. The highest BCUT2D eigenvalue weighted by atomic mass is 32.2. The van der Waals surface area contributed by atoms with Gasteiger partial charge in [0.25, 0.3) is 0 Å². The van der Waals surface area contributed by atoms with E-state index in [1.165, 1.54) is 12.4 Å². The second-order valence-electron chi connectivity index (χ2n) is 4.16. The Morgan fingerprint density at radius 2 is 2.50 bits per heavy atom. The smallest absolute Gasteiger partial charge is 0.243 e. The lowest BCUT2D eigenvalue weighted by atomic mass is 10.1. The molecule has 2 N–H and O–H groups in total. The van der Waals surface area contributed by atoms with Crippen LogP contribution >= 0.6 is 11.8 Å². The van der Waals surface area contributed by atoms with E-state index in [4.69, 9.17) is 0 Å². The van der Waals surface area contributed by atoms with E-state index >= 15 is 0 Å². The van der Waals surface area contributed by atoms with E-state index in [-0.39, 0.29) is 9.64 Å². The molecule has 0 aliphatic carbocycles. The summed E-state index contributed by atoms with van der Waals surface area (Å²) in [5, 5.41) is 6.14. The van der Waals surface area contributed by atoms with E-state index in [1.54, 1.807) is 0 Å². The first kappa shape index (κ1) is 11.9. The molecule has 1 saturated heterocycles. The lowest BCUT2D eigenvalue weighted by molar-refractivity contribution is 0.552. The molecular weight excluding hydrogens is 246 g/mol. The number of sulfonamides is 1. The van der Waals surface area contributed by atoms with Crippen molar-refractivity contribution in [1.29, 1.82) is 0 Å². The van der Waals surface area contributed by atoms with Gasteiger partial charge in [-0.15, -0.1) is 0 Å². The summed E-state index contributed by atoms with van der Waals surface area (Å²) in [4.78, 5) is 0.194. The average Bonchev–Trinajstić information content (AvgIpc) is 2.86. The highest BCUT2D eigenvalue weighted by molar-refractivity contribution is 8.01. The quantitative estimate of drug-likeness (QED) is 0.847. The number of nitrogens with one attached hydrogen (secondary N) is 2. The van der Waals surface area contributed by atoms with Crippen LogP contribution < -0.4 is 4.72 Å². The summed E-state index contributed by atoms with van der Waals surface area (Å²) in [5.74, 6) is 1.12. The molecule has 1 aromatic rings. The van der Waals surface area contributed by atoms with E-state index in [0.29, 0.717) is 6.54 Å². The zero-order valence-corrected chi connectivity index (χ0v) is 10.7. The molecule has 0 amide bonds. The van der Waals surface area contributed by atoms with Crippen LogP contribution in [-0.4, -0.2) is 35.7 Å². The Kier molecular flexibility index (Phi) is 3.27. The van der Waals surface area contributed by atoms with Gasteiger partial charge in [-0.2, -0.15) is 16.9 Å². The van der Waals surface area contributed by atoms with E-state index < -0.39 is 10.0 Å². The summed E-state index contributed by atoms with van der Waals surface area (Å²) in [5.41, 5.74) is 0. The van der Waals surface area contributed by atoms with Gasteiger partial charge in [-0.1, -0.05) is 0 Å². The van der Waals surface area contributed by atoms with Gasteiger partial charge in [0.05, 0.1) is 6.20 Å². The maximum Gasteiger partial charge on any atom is 0.243 e. The predicted octanol–water partition coefficient (Wildman–Crippen LogP) is 0.974. The van der Waals surface area contributed by atoms with Crippen molar-refractivity contribution in [3.63, 3.8) is 0 Å². The molecule has 0 bridgehead atoms. The van der Waals surface area contributed by atoms with Crippen LogP contribution in [0.15, 0.2) is 17.3 Å². The van der Waals surface area contributed by atoms with Gasteiger partial charge in [-0.3, -0.25) is 5.10 Å². The topological polar surface area (TPSA) is 74.8 Å². The maximum absolute atomic E-state index is 11.8. The summed E-state index contributed by atoms with van der Waals surface area (Å²) in [7, 11) is -3.40. The number of thioether (sulfide) groups is 1. The van der Waals surface area contributed by atoms with Gasteiger partial charge in [0.2, 0.25) is 10.0 Å². The molecule has 1 atom stereocenters. The molecule has 1 aromatic heterocycles. The lowest BCUT2D eigenvalue weighted by Crippen LogP contribution is -2.36. The molecule has 0 saturated carbocycles. The van der Waals surface area contributed by atoms with Crippen molar-refractivity contribution in [2.75, 3.05) is 12.3 Å².